The number of alkyl halides is 1. The van der Waals surface area contributed by atoms with Crippen LogP contribution in [0.4, 0.5) is 0 Å². The van der Waals surface area contributed by atoms with E-state index in [4.69, 9.17) is 11.6 Å². The van der Waals surface area contributed by atoms with Gasteiger partial charge in [0.25, 0.3) is 0 Å². The van der Waals surface area contributed by atoms with Crippen molar-refractivity contribution in [1.29, 1.82) is 0 Å². The molecular weight excluding hydrogens is 196 g/mol. The summed E-state index contributed by atoms with van der Waals surface area (Å²) in [6.45, 7) is 4.00. The standard InChI is InChI=1S/C11H15ClN2/c12-11-9-14(7-6-13-11)8-10-4-2-1-3-5-10/h1-5,11,13H,6-9H2. The van der Waals surface area contributed by atoms with E-state index in [1.807, 2.05) is 6.07 Å². The fourth-order valence-electron chi connectivity index (χ4n) is 1.75. The molecule has 1 aliphatic heterocycles. The molecule has 1 atom stereocenters. The van der Waals surface area contributed by atoms with Gasteiger partial charge in [-0.25, -0.2) is 0 Å². The number of nitrogens with zero attached hydrogens (tertiary/aromatic N) is 1. The van der Waals surface area contributed by atoms with Crippen LogP contribution < -0.4 is 5.32 Å². The maximum absolute atomic E-state index is 6.02. The van der Waals surface area contributed by atoms with Gasteiger partial charge in [-0.05, 0) is 5.56 Å². The van der Waals surface area contributed by atoms with Crippen molar-refractivity contribution in [3.63, 3.8) is 0 Å². The molecule has 0 amide bonds. The lowest BCUT2D eigenvalue weighted by Crippen LogP contribution is -2.47. The second-order valence-electron chi connectivity index (χ2n) is 3.64. The van der Waals surface area contributed by atoms with Gasteiger partial charge >= 0.3 is 0 Å². The lowest BCUT2D eigenvalue weighted by Gasteiger charge is -2.30. The molecule has 0 spiro atoms. The van der Waals surface area contributed by atoms with E-state index < -0.39 is 0 Å². The van der Waals surface area contributed by atoms with Crippen LogP contribution in [0.15, 0.2) is 30.3 Å². The Bertz CT molecular complexity index is 276. The maximum atomic E-state index is 6.02. The van der Waals surface area contributed by atoms with E-state index in [1.165, 1.54) is 5.56 Å². The third-order valence-corrected chi connectivity index (χ3v) is 2.75. The van der Waals surface area contributed by atoms with Crippen LogP contribution in [0.1, 0.15) is 5.56 Å². The van der Waals surface area contributed by atoms with Crippen molar-refractivity contribution >= 4 is 11.6 Å². The largest absolute Gasteiger partial charge is 0.299 e. The summed E-state index contributed by atoms with van der Waals surface area (Å²) in [7, 11) is 0. The minimum Gasteiger partial charge on any atom is -0.299 e. The van der Waals surface area contributed by atoms with Crippen LogP contribution in [-0.2, 0) is 6.54 Å². The second kappa shape index (κ2) is 4.78. The second-order valence-corrected chi connectivity index (χ2v) is 4.17. The summed E-state index contributed by atoms with van der Waals surface area (Å²) in [5.74, 6) is 0. The molecule has 1 unspecified atom stereocenters. The van der Waals surface area contributed by atoms with E-state index in [2.05, 4.69) is 34.5 Å². The van der Waals surface area contributed by atoms with Crippen LogP contribution in [0, 0.1) is 0 Å². The lowest BCUT2D eigenvalue weighted by molar-refractivity contribution is 0.220. The summed E-state index contributed by atoms with van der Waals surface area (Å²) in [6.07, 6.45) is 0. The number of nitrogens with one attached hydrogen (secondary N) is 1. The zero-order valence-corrected chi connectivity index (χ0v) is 8.87. The lowest BCUT2D eigenvalue weighted by atomic mass is 10.2. The first-order valence-corrected chi connectivity index (χ1v) is 5.42. The van der Waals surface area contributed by atoms with Crippen molar-refractivity contribution in [3.05, 3.63) is 35.9 Å². The van der Waals surface area contributed by atoms with Crippen LogP contribution in [0.5, 0.6) is 0 Å². The van der Waals surface area contributed by atoms with Gasteiger partial charge in [-0.3, -0.25) is 10.2 Å². The Kier molecular flexibility index (Phi) is 3.40. The summed E-state index contributed by atoms with van der Waals surface area (Å²) in [5, 5.41) is 3.22. The normalized spacial score (nSPS) is 23.6. The van der Waals surface area contributed by atoms with Crippen molar-refractivity contribution in [3.8, 4) is 0 Å². The molecule has 76 valence electrons. The molecule has 1 heterocycles. The third kappa shape index (κ3) is 2.71. The molecule has 1 N–H and O–H groups in total. The zero-order valence-electron chi connectivity index (χ0n) is 8.12. The number of benzene rings is 1. The molecule has 2 nitrogen and oxygen atoms in total. The predicted octanol–water partition coefficient (Wildman–Crippen LogP) is 1.66. The highest BCUT2D eigenvalue weighted by Gasteiger charge is 2.16. The highest BCUT2D eigenvalue weighted by Crippen LogP contribution is 2.08. The smallest absolute Gasteiger partial charge is 0.0954 e. The summed E-state index contributed by atoms with van der Waals surface area (Å²) in [4.78, 5) is 2.38. The number of hydrogen-bond acceptors (Lipinski definition) is 2. The zero-order chi connectivity index (χ0) is 9.80. The van der Waals surface area contributed by atoms with E-state index in [0.29, 0.717) is 0 Å². The Morgan fingerprint density at radius 3 is 2.86 bits per heavy atom. The summed E-state index contributed by atoms with van der Waals surface area (Å²) < 4.78 is 0. The maximum Gasteiger partial charge on any atom is 0.0954 e. The number of rotatable bonds is 2. The quantitative estimate of drug-likeness (QED) is 0.590. The topological polar surface area (TPSA) is 15.3 Å². The average molecular weight is 211 g/mol. The minimum absolute atomic E-state index is 0.104. The van der Waals surface area contributed by atoms with E-state index in [-0.39, 0.29) is 5.50 Å². The molecule has 14 heavy (non-hydrogen) atoms. The first-order valence-electron chi connectivity index (χ1n) is 4.98. The molecule has 0 radical (unpaired) electrons. The monoisotopic (exact) mass is 210 g/mol. The van der Waals surface area contributed by atoms with Crippen molar-refractivity contribution in [2.75, 3.05) is 19.6 Å². The van der Waals surface area contributed by atoms with Gasteiger partial charge in [0.05, 0.1) is 5.50 Å². The Hall–Kier alpha value is -0.570. The van der Waals surface area contributed by atoms with Crippen molar-refractivity contribution in [2.45, 2.75) is 12.0 Å². The van der Waals surface area contributed by atoms with Gasteiger partial charge in [0.15, 0.2) is 0 Å². The van der Waals surface area contributed by atoms with E-state index in [9.17, 15) is 0 Å². The highest BCUT2D eigenvalue weighted by molar-refractivity contribution is 6.20. The van der Waals surface area contributed by atoms with Crippen LogP contribution >= 0.6 is 11.6 Å². The summed E-state index contributed by atoms with van der Waals surface area (Å²) in [5.41, 5.74) is 1.46. The van der Waals surface area contributed by atoms with E-state index in [0.717, 1.165) is 26.2 Å². The molecule has 2 rings (SSSR count). The number of halogens is 1. The van der Waals surface area contributed by atoms with Crippen LogP contribution in [0.3, 0.4) is 0 Å². The number of hydrogen-bond donors (Lipinski definition) is 1. The first-order chi connectivity index (χ1) is 6.84. The molecule has 1 saturated heterocycles. The molecule has 0 aliphatic carbocycles. The Balaban J connectivity index is 1.91. The fourth-order valence-corrected chi connectivity index (χ4v) is 2.05. The molecule has 0 aromatic heterocycles. The minimum atomic E-state index is 0.104. The Morgan fingerprint density at radius 2 is 2.14 bits per heavy atom. The van der Waals surface area contributed by atoms with E-state index >= 15 is 0 Å². The SMILES string of the molecule is ClC1CN(Cc2ccccc2)CCN1. The average Bonchev–Trinajstić information content (AvgIpc) is 2.19. The summed E-state index contributed by atoms with van der Waals surface area (Å²) in [6, 6.07) is 10.5. The molecular formula is C11H15ClN2. The van der Waals surface area contributed by atoms with Crippen molar-refractivity contribution in [1.82, 2.24) is 10.2 Å². The molecule has 1 aliphatic rings. The van der Waals surface area contributed by atoms with Gasteiger partial charge in [-0.15, -0.1) is 11.6 Å². The molecule has 0 saturated carbocycles. The van der Waals surface area contributed by atoms with Crippen LogP contribution in [0.25, 0.3) is 0 Å². The molecule has 1 aromatic rings. The van der Waals surface area contributed by atoms with Gasteiger partial charge < -0.3 is 0 Å². The van der Waals surface area contributed by atoms with Gasteiger partial charge in [0.1, 0.15) is 0 Å². The Labute approximate surface area is 89.9 Å². The van der Waals surface area contributed by atoms with Gasteiger partial charge in [-0.1, -0.05) is 30.3 Å². The van der Waals surface area contributed by atoms with Crippen molar-refractivity contribution in [2.24, 2.45) is 0 Å². The first kappa shape index (κ1) is 9.97. The van der Waals surface area contributed by atoms with Gasteiger partial charge in [-0.2, -0.15) is 0 Å². The Morgan fingerprint density at radius 1 is 1.36 bits per heavy atom. The number of piperazine rings is 1. The predicted molar refractivity (Wildman–Crippen MR) is 59.4 cm³/mol. The van der Waals surface area contributed by atoms with E-state index in [1.54, 1.807) is 0 Å². The molecule has 1 aromatic carbocycles. The van der Waals surface area contributed by atoms with Crippen LogP contribution in [-0.4, -0.2) is 30.0 Å². The highest BCUT2D eigenvalue weighted by atomic mass is 35.5. The third-order valence-electron chi connectivity index (χ3n) is 2.46. The summed E-state index contributed by atoms with van der Waals surface area (Å²) >= 11 is 6.02. The van der Waals surface area contributed by atoms with Gasteiger partial charge in [0.2, 0.25) is 0 Å². The van der Waals surface area contributed by atoms with Crippen LogP contribution in [0.2, 0.25) is 0 Å². The fraction of sp³-hybridized carbons (Fsp3) is 0.455. The molecule has 1 fully saturated rings. The molecule has 0 bridgehead atoms. The van der Waals surface area contributed by atoms with Crippen molar-refractivity contribution < 1.29 is 0 Å². The molecule has 3 heteroatoms. The van der Waals surface area contributed by atoms with Gasteiger partial charge in [0, 0.05) is 26.2 Å².